The fourth-order valence-corrected chi connectivity index (χ4v) is 3.28. The first-order chi connectivity index (χ1) is 13.2. The highest BCUT2D eigenvalue weighted by molar-refractivity contribution is 6.36. The van der Waals surface area contributed by atoms with Gasteiger partial charge in [0.1, 0.15) is 11.9 Å². The van der Waals surface area contributed by atoms with Gasteiger partial charge in [0.15, 0.2) is 0 Å². The number of benzene rings is 2. The summed E-state index contributed by atoms with van der Waals surface area (Å²) in [7, 11) is 0. The molecule has 0 spiro atoms. The van der Waals surface area contributed by atoms with E-state index in [1.54, 1.807) is 43.3 Å². The molecule has 0 heterocycles. The molecule has 1 N–H and O–H groups in total. The van der Waals surface area contributed by atoms with E-state index in [0.29, 0.717) is 21.2 Å². The molecular formula is C21H23Cl2FN2O2. The van der Waals surface area contributed by atoms with Gasteiger partial charge in [-0.15, -0.1) is 0 Å². The minimum Gasteiger partial charge on any atom is -0.352 e. The van der Waals surface area contributed by atoms with E-state index in [2.05, 4.69) is 5.32 Å². The molecule has 0 radical (unpaired) electrons. The summed E-state index contributed by atoms with van der Waals surface area (Å²) < 4.78 is 14.2. The van der Waals surface area contributed by atoms with Gasteiger partial charge in [-0.2, -0.15) is 0 Å². The van der Waals surface area contributed by atoms with Crippen LogP contribution in [0.5, 0.6) is 0 Å². The Balaban J connectivity index is 2.32. The summed E-state index contributed by atoms with van der Waals surface area (Å²) in [5.74, 6) is -1.12. The number of hydrogen-bond donors (Lipinski definition) is 1. The zero-order valence-corrected chi connectivity index (χ0v) is 17.5. The van der Waals surface area contributed by atoms with Gasteiger partial charge in [-0.05, 0) is 44.5 Å². The molecule has 2 amide bonds. The molecular weight excluding hydrogens is 402 g/mol. The van der Waals surface area contributed by atoms with Gasteiger partial charge in [0.05, 0.1) is 6.42 Å². The average molecular weight is 425 g/mol. The van der Waals surface area contributed by atoms with Crippen molar-refractivity contribution in [2.24, 2.45) is 0 Å². The summed E-state index contributed by atoms with van der Waals surface area (Å²) in [6, 6.07) is 10.3. The maximum absolute atomic E-state index is 14.2. The Morgan fingerprint density at radius 2 is 1.64 bits per heavy atom. The Morgan fingerprint density at radius 3 is 2.21 bits per heavy atom. The number of nitrogens with one attached hydrogen (secondary N) is 1. The molecule has 0 aliphatic carbocycles. The lowest BCUT2D eigenvalue weighted by Crippen LogP contribution is -2.49. The summed E-state index contributed by atoms with van der Waals surface area (Å²) in [6.45, 7) is 5.24. The lowest BCUT2D eigenvalue weighted by Gasteiger charge is -2.29. The molecule has 0 aliphatic heterocycles. The number of hydrogen-bond acceptors (Lipinski definition) is 2. The number of rotatable bonds is 7. The fourth-order valence-electron chi connectivity index (χ4n) is 2.75. The first-order valence-electron chi connectivity index (χ1n) is 8.96. The molecule has 0 aromatic heterocycles. The van der Waals surface area contributed by atoms with Crippen LogP contribution in [0.3, 0.4) is 0 Å². The highest BCUT2D eigenvalue weighted by Crippen LogP contribution is 2.26. The maximum Gasteiger partial charge on any atom is 0.242 e. The SMILES string of the molecule is CC(C)NC(=O)C(C)N(Cc1ccccc1F)C(=O)Cc1c(Cl)cccc1Cl. The predicted molar refractivity (Wildman–Crippen MR) is 110 cm³/mol. The van der Waals surface area contributed by atoms with E-state index in [9.17, 15) is 14.0 Å². The number of carbonyl (C=O) groups is 2. The van der Waals surface area contributed by atoms with Crippen LogP contribution in [0.15, 0.2) is 42.5 Å². The van der Waals surface area contributed by atoms with Crippen LogP contribution < -0.4 is 5.32 Å². The Morgan fingerprint density at radius 1 is 1.04 bits per heavy atom. The van der Waals surface area contributed by atoms with Crippen LogP contribution in [0.4, 0.5) is 4.39 Å². The summed E-state index contributed by atoms with van der Waals surface area (Å²) in [5, 5.41) is 3.52. The first kappa shape index (κ1) is 22.2. The lowest BCUT2D eigenvalue weighted by molar-refractivity contribution is -0.140. The minimum atomic E-state index is -0.796. The van der Waals surface area contributed by atoms with E-state index in [4.69, 9.17) is 23.2 Å². The second kappa shape index (κ2) is 9.89. The van der Waals surface area contributed by atoms with E-state index < -0.39 is 11.9 Å². The zero-order chi connectivity index (χ0) is 20.8. The van der Waals surface area contributed by atoms with Crippen molar-refractivity contribution in [1.82, 2.24) is 10.2 Å². The van der Waals surface area contributed by atoms with Crippen molar-refractivity contribution in [3.8, 4) is 0 Å². The Bertz CT molecular complexity index is 838. The van der Waals surface area contributed by atoms with Gasteiger partial charge in [0.25, 0.3) is 0 Å². The molecule has 0 saturated carbocycles. The van der Waals surface area contributed by atoms with Gasteiger partial charge in [-0.3, -0.25) is 9.59 Å². The quantitative estimate of drug-likeness (QED) is 0.704. The maximum atomic E-state index is 14.2. The van der Waals surface area contributed by atoms with Crippen molar-refractivity contribution in [1.29, 1.82) is 0 Å². The molecule has 1 atom stereocenters. The van der Waals surface area contributed by atoms with Crippen LogP contribution in [-0.2, 0) is 22.6 Å². The molecule has 2 rings (SSSR count). The van der Waals surface area contributed by atoms with Gasteiger partial charge in [0.2, 0.25) is 11.8 Å². The Labute approximate surface area is 174 Å². The summed E-state index contributed by atoms with van der Waals surface area (Å²) in [4.78, 5) is 26.9. The number of carbonyl (C=O) groups excluding carboxylic acids is 2. The van der Waals surface area contributed by atoms with Gasteiger partial charge in [-0.25, -0.2) is 4.39 Å². The van der Waals surface area contributed by atoms with Crippen molar-refractivity contribution in [3.63, 3.8) is 0 Å². The fraction of sp³-hybridized carbons (Fsp3) is 0.333. The van der Waals surface area contributed by atoms with E-state index in [1.165, 1.54) is 11.0 Å². The molecule has 0 saturated heterocycles. The molecule has 7 heteroatoms. The predicted octanol–water partition coefficient (Wildman–Crippen LogP) is 4.62. The molecule has 4 nitrogen and oxygen atoms in total. The van der Waals surface area contributed by atoms with Gasteiger partial charge >= 0.3 is 0 Å². The highest BCUT2D eigenvalue weighted by Gasteiger charge is 2.28. The van der Waals surface area contributed by atoms with Crippen molar-refractivity contribution >= 4 is 35.0 Å². The van der Waals surface area contributed by atoms with E-state index in [-0.39, 0.29) is 30.8 Å². The van der Waals surface area contributed by atoms with Gasteiger partial charge < -0.3 is 10.2 Å². The third-order valence-corrected chi connectivity index (χ3v) is 4.99. The Hall–Kier alpha value is -2.11. The van der Waals surface area contributed by atoms with Crippen molar-refractivity contribution < 1.29 is 14.0 Å². The molecule has 2 aromatic rings. The second-order valence-corrected chi connectivity index (χ2v) is 7.64. The number of amides is 2. The lowest BCUT2D eigenvalue weighted by atomic mass is 10.1. The van der Waals surface area contributed by atoms with Crippen molar-refractivity contribution in [3.05, 3.63) is 69.5 Å². The van der Waals surface area contributed by atoms with E-state index >= 15 is 0 Å². The van der Waals surface area contributed by atoms with Crippen LogP contribution in [-0.4, -0.2) is 28.8 Å². The first-order valence-corrected chi connectivity index (χ1v) is 9.72. The molecule has 150 valence electrons. The molecule has 1 unspecified atom stereocenters. The smallest absolute Gasteiger partial charge is 0.242 e. The molecule has 28 heavy (non-hydrogen) atoms. The average Bonchev–Trinajstić information content (AvgIpc) is 2.63. The summed E-state index contributed by atoms with van der Waals surface area (Å²) in [5.41, 5.74) is 0.802. The number of halogens is 3. The normalized spacial score (nSPS) is 12.0. The zero-order valence-electron chi connectivity index (χ0n) is 16.0. The van der Waals surface area contributed by atoms with Gasteiger partial charge in [0, 0.05) is 28.2 Å². The van der Waals surface area contributed by atoms with Crippen LogP contribution >= 0.6 is 23.2 Å². The molecule has 0 fully saturated rings. The third-order valence-electron chi connectivity index (χ3n) is 4.29. The van der Waals surface area contributed by atoms with Crippen LogP contribution in [0.25, 0.3) is 0 Å². The third kappa shape index (κ3) is 5.69. The monoisotopic (exact) mass is 424 g/mol. The van der Waals surface area contributed by atoms with Crippen LogP contribution in [0.2, 0.25) is 10.0 Å². The van der Waals surface area contributed by atoms with Crippen LogP contribution in [0, 0.1) is 5.82 Å². The molecule has 2 aromatic carbocycles. The Kier molecular flexibility index (Phi) is 7.84. The van der Waals surface area contributed by atoms with Crippen molar-refractivity contribution in [2.45, 2.75) is 45.8 Å². The molecule has 0 aliphatic rings. The van der Waals surface area contributed by atoms with Crippen LogP contribution in [0.1, 0.15) is 31.9 Å². The van der Waals surface area contributed by atoms with E-state index in [0.717, 1.165) is 0 Å². The largest absolute Gasteiger partial charge is 0.352 e. The van der Waals surface area contributed by atoms with Gasteiger partial charge in [-0.1, -0.05) is 47.5 Å². The topological polar surface area (TPSA) is 49.4 Å². The van der Waals surface area contributed by atoms with Crippen molar-refractivity contribution in [2.75, 3.05) is 0 Å². The highest BCUT2D eigenvalue weighted by atomic mass is 35.5. The van der Waals surface area contributed by atoms with E-state index in [1.807, 2.05) is 13.8 Å². The second-order valence-electron chi connectivity index (χ2n) is 6.83. The number of nitrogens with zero attached hydrogens (tertiary/aromatic N) is 1. The summed E-state index contributed by atoms with van der Waals surface area (Å²) in [6.07, 6.45) is -0.0910. The molecule has 0 bridgehead atoms. The minimum absolute atomic E-state index is 0.0414. The summed E-state index contributed by atoms with van der Waals surface area (Å²) >= 11 is 12.4. The standard InChI is InChI=1S/C21H23Cl2FN2O2/c1-13(2)25-21(28)14(3)26(12-15-7-4-5-10-19(15)24)20(27)11-16-17(22)8-6-9-18(16)23/h4-10,13-14H,11-12H2,1-3H3,(H,25,28).